The van der Waals surface area contributed by atoms with Crippen LogP contribution in [0.5, 0.6) is 0 Å². The van der Waals surface area contributed by atoms with E-state index in [4.69, 9.17) is 15.0 Å². The van der Waals surface area contributed by atoms with Crippen molar-refractivity contribution in [2.45, 2.75) is 0 Å². The molecular formula is C47H29N3S. The van der Waals surface area contributed by atoms with Gasteiger partial charge in [-0.3, -0.25) is 0 Å². The van der Waals surface area contributed by atoms with Crippen LogP contribution in [0, 0.1) is 0 Å². The molecule has 0 aliphatic carbocycles. The van der Waals surface area contributed by atoms with Gasteiger partial charge in [-0.2, -0.15) is 0 Å². The monoisotopic (exact) mass is 667 g/mol. The standard InChI is InChI=1S/C47H29N3S/c1-3-11-31(12-4-1)45-48-46(32-13-5-2-6-14-32)50-47(49-45)33-21-19-30(20-22-33)34-23-25-40-41-26-24-36(29-44(41)51-43(40)28-34)42-27-35-15-7-8-16-37(35)38-17-9-10-18-39(38)42/h1-29H. The molecule has 0 saturated carbocycles. The summed E-state index contributed by atoms with van der Waals surface area (Å²) in [6, 6.07) is 62.3. The van der Waals surface area contributed by atoms with Crippen molar-refractivity contribution in [1.29, 1.82) is 0 Å². The van der Waals surface area contributed by atoms with Gasteiger partial charge in [-0.1, -0.05) is 158 Å². The van der Waals surface area contributed by atoms with Crippen LogP contribution in [-0.4, -0.2) is 15.0 Å². The predicted molar refractivity (Wildman–Crippen MR) is 215 cm³/mol. The quantitative estimate of drug-likeness (QED) is 0.171. The van der Waals surface area contributed by atoms with Crippen molar-refractivity contribution in [3.05, 3.63) is 176 Å². The van der Waals surface area contributed by atoms with Gasteiger partial charge in [0.25, 0.3) is 0 Å². The van der Waals surface area contributed by atoms with Crippen molar-refractivity contribution >= 4 is 53.1 Å². The van der Waals surface area contributed by atoms with Gasteiger partial charge in [-0.15, -0.1) is 11.3 Å². The van der Waals surface area contributed by atoms with Gasteiger partial charge in [0.2, 0.25) is 0 Å². The van der Waals surface area contributed by atoms with Crippen molar-refractivity contribution < 1.29 is 0 Å². The van der Waals surface area contributed by atoms with Crippen molar-refractivity contribution in [2.24, 2.45) is 0 Å². The van der Waals surface area contributed by atoms with Crippen LogP contribution in [0.1, 0.15) is 0 Å². The Bertz CT molecular complexity index is 2840. The van der Waals surface area contributed by atoms with Crippen LogP contribution >= 0.6 is 11.3 Å². The van der Waals surface area contributed by atoms with Crippen molar-refractivity contribution in [1.82, 2.24) is 15.0 Å². The molecule has 4 heteroatoms. The third-order valence-electron chi connectivity index (χ3n) is 9.73. The highest BCUT2D eigenvalue weighted by Gasteiger charge is 2.14. The molecular weight excluding hydrogens is 639 g/mol. The highest BCUT2D eigenvalue weighted by molar-refractivity contribution is 7.25. The van der Waals surface area contributed by atoms with Gasteiger partial charge in [0.15, 0.2) is 17.5 Å². The van der Waals surface area contributed by atoms with E-state index >= 15 is 0 Å². The SMILES string of the molecule is c1ccc(-c2nc(-c3ccccc3)nc(-c3ccc(-c4ccc5c(c4)sc4cc(-c6cc7ccccc7c7ccccc67)ccc45)cc3)n2)cc1. The summed E-state index contributed by atoms with van der Waals surface area (Å²) in [5.74, 6) is 1.98. The zero-order valence-electron chi connectivity index (χ0n) is 27.5. The smallest absolute Gasteiger partial charge is 0.164 e. The third kappa shape index (κ3) is 5.25. The van der Waals surface area contributed by atoms with Crippen LogP contribution in [-0.2, 0) is 0 Å². The Labute approximate surface area is 299 Å². The minimum Gasteiger partial charge on any atom is -0.208 e. The highest BCUT2D eigenvalue weighted by Crippen LogP contribution is 2.41. The minimum atomic E-state index is 0.657. The van der Waals surface area contributed by atoms with E-state index in [1.807, 2.05) is 72.0 Å². The van der Waals surface area contributed by atoms with E-state index in [2.05, 4.69) is 115 Å². The number of benzene rings is 8. The summed E-state index contributed by atoms with van der Waals surface area (Å²) in [4.78, 5) is 14.7. The number of hydrogen-bond donors (Lipinski definition) is 0. The second kappa shape index (κ2) is 12.1. The molecule has 3 nitrogen and oxygen atoms in total. The largest absolute Gasteiger partial charge is 0.208 e. The van der Waals surface area contributed by atoms with Crippen molar-refractivity contribution in [3.8, 4) is 56.4 Å². The fraction of sp³-hybridized carbons (Fsp3) is 0. The van der Waals surface area contributed by atoms with E-state index in [0.717, 1.165) is 22.3 Å². The lowest BCUT2D eigenvalue weighted by atomic mass is 9.93. The summed E-state index contributed by atoms with van der Waals surface area (Å²) in [5, 5.41) is 7.72. The first-order chi connectivity index (χ1) is 25.2. The average molecular weight is 668 g/mol. The molecule has 0 bridgehead atoms. The molecule has 0 aliphatic heterocycles. The summed E-state index contributed by atoms with van der Waals surface area (Å²) >= 11 is 1.86. The van der Waals surface area contributed by atoms with Crippen LogP contribution in [0.25, 0.3) is 98.1 Å². The number of fused-ring (bicyclic) bond motifs is 6. The molecule has 0 fully saturated rings. The Morgan fingerprint density at radius 2 is 0.745 bits per heavy atom. The first-order valence-electron chi connectivity index (χ1n) is 17.1. The summed E-state index contributed by atoms with van der Waals surface area (Å²) < 4.78 is 2.58. The first kappa shape index (κ1) is 29.4. The van der Waals surface area contributed by atoms with Crippen LogP contribution in [0.3, 0.4) is 0 Å². The average Bonchev–Trinajstić information content (AvgIpc) is 3.58. The first-order valence-corrected chi connectivity index (χ1v) is 17.9. The van der Waals surface area contributed by atoms with E-state index in [9.17, 15) is 0 Å². The lowest BCUT2D eigenvalue weighted by molar-refractivity contribution is 1.07. The number of aromatic nitrogens is 3. The van der Waals surface area contributed by atoms with Crippen LogP contribution < -0.4 is 0 Å². The summed E-state index contributed by atoms with van der Waals surface area (Å²) in [6.45, 7) is 0. The molecule has 0 saturated heterocycles. The molecule has 51 heavy (non-hydrogen) atoms. The molecule has 10 rings (SSSR count). The van der Waals surface area contributed by atoms with Crippen molar-refractivity contribution in [3.63, 3.8) is 0 Å². The summed E-state index contributed by atoms with van der Waals surface area (Å²) in [6.07, 6.45) is 0. The van der Waals surface area contributed by atoms with Gasteiger partial charge in [0.05, 0.1) is 0 Å². The third-order valence-corrected chi connectivity index (χ3v) is 10.8. The van der Waals surface area contributed by atoms with Gasteiger partial charge >= 0.3 is 0 Å². The lowest BCUT2D eigenvalue weighted by Crippen LogP contribution is -2.00. The molecule has 0 atom stereocenters. The molecule has 0 amide bonds. The molecule has 0 spiro atoms. The van der Waals surface area contributed by atoms with Crippen LogP contribution in [0.2, 0.25) is 0 Å². The molecule has 8 aromatic carbocycles. The second-order valence-electron chi connectivity index (χ2n) is 12.8. The Balaban J connectivity index is 1.01. The zero-order valence-corrected chi connectivity index (χ0v) is 28.3. The van der Waals surface area contributed by atoms with Crippen LogP contribution in [0.15, 0.2) is 176 Å². The Morgan fingerprint density at radius 1 is 0.294 bits per heavy atom. The molecule has 0 N–H and O–H groups in total. The van der Waals surface area contributed by atoms with Gasteiger partial charge in [-0.25, -0.2) is 15.0 Å². The van der Waals surface area contributed by atoms with Gasteiger partial charge in [0.1, 0.15) is 0 Å². The van der Waals surface area contributed by atoms with E-state index in [1.165, 1.54) is 58.4 Å². The normalized spacial score (nSPS) is 11.5. The zero-order chi connectivity index (χ0) is 33.7. The molecule has 238 valence electrons. The Hall–Kier alpha value is -6.49. The molecule has 0 radical (unpaired) electrons. The number of thiophene rings is 1. The molecule has 0 aliphatic rings. The number of nitrogens with zero attached hydrogens (tertiary/aromatic N) is 3. The molecule has 2 aromatic heterocycles. The fourth-order valence-corrected chi connectivity index (χ4v) is 8.35. The van der Waals surface area contributed by atoms with E-state index in [0.29, 0.717) is 17.5 Å². The van der Waals surface area contributed by atoms with E-state index in [-0.39, 0.29) is 0 Å². The van der Waals surface area contributed by atoms with Gasteiger partial charge < -0.3 is 0 Å². The van der Waals surface area contributed by atoms with Crippen molar-refractivity contribution in [2.75, 3.05) is 0 Å². The number of rotatable bonds is 5. The summed E-state index contributed by atoms with van der Waals surface area (Å²) in [5.41, 5.74) is 7.74. The molecule has 2 heterocycles. The maximum atomic E-state index is 4.91. The maximum Gasteiger partial charge on any atom is 0.164 e. The fourth-order valence-electron chi connectivity index (χ4n) is 7.17. The minimum absolute atomic E-state index is 0.657. The second-order valence-corrected chi connectivity index (χ2v) is 13.9. The Morgan fingerprint density at radius 3 is 1.37 bits per heavy atom. The maximum absolute atomic E-state index is 4.91. The molecule has 10 aromatic rings. The highest BCUT2D eigenvalue weighted by atomic mass is 32.1. The number of hydrogen-bond acceptors (Lipinski definition) is 4. The van der Waals surface area contributed by atoms with Gasteiger partial charge in [-0.05, 0) is 62.0 Å². The van der Waals surface area contributed by atoms with Gasteiger partial charge in [0, 0.05) is 36.9 Å². The summed E-state index contributed by atoms with van der Waals surface area (Å²) in [7, 11) is 0. The predicted octanol–water partition coefficient (Wildman–Crippen LogP) is 12.9. The van der Waals surface area contributed by atoms with Crippen LogP contribution in [0.4, 0.5) is 0 Å². The lowest BCUT2D eigenvalue weighted by Gasteiger charge is -2.11. The topological polar surface area (TPSA) is 38.7 Å². The van der Waals surface area contributed by atoms with E-state index in [1.54, 1.807) is 0 Å². The molecule has 0 unspecified atom stereocenters. The van der Waals surface area contributed by atoms with E-state index < -0.39 is 0 Å². The Kier molecular flexibility index (Phi) is 7.00.